The molecule has 26 heavy (non-hydrogen) atoms. The molecule has 1 aliphatic rings. The van der Waals surface area contributed by atoms with Gasteiger partial charge in [-0.25, -0.2) is 4.98 Å². The van der Waals surface area contributed by atoms with Crippen molar-refractivity contribution < 1.29 is 4.79 Å². The number of carbonyl (C=O) groups is 1. The van der Waals surface area contributed by atoms with Crippen LogP contribution in [0.5, 0.6) is 0 Å². The maximum atomic E-state index is 12.6. The zero-order valence-electron chi connectivity index (χ0n) is 14.1. The van der Waals surface area contributed by atoms with Crippen LogP contribution in [0.2, 0.25) is 0 Å². The number of halogens is 1. The molecule has 1 fully saturated rings. The summed E-state index contributed by atoms with van der Waals surface area (Å²) in [6, 6.07) is 13.3. The third-order valence-corrected chi connectivity index (χ3v) is 4.93. The van der Waals surface area contributed by atoms with Crippen molar-refractivity contribution in [3.05, 3.63) is 58.8 Å². The first-order valence-electron chi connectivity index (χ1n) is 8.53. The standard InChI is InChI=1S/C19H18BrN5O/c20-14-7-5-13(6-8-14)16-12-17(24-23-16)19(26)22-15-4-3-9-21-18(15)25-10-1-2-11-25/h3-9,12H,1-2,10-11H2,(H,22,26)(H,23,24). The molecule has 1 saturated heterocycles. The van der Waals surface area contributed by atoms with Crippen LogP contribution in [0.15, 0.2) is 53.1 Å². The molecule has 3 aromatic rings. The number of H-pyrrole nitrogens is 1. The van der Waals surface area contributed by atoms with Crippen LogP contribution in [-0.4, -0.2) is 34.2 Å². The number of hydrogen-bond donors (Lipinski definition) is 2. The van der Waals surface area contributed by atoms with Gasteiger partial charge in [0.2, 0.25) is 0 Å². The van der Waals surface area contributed by atoms with Crippen molar-refractivity contribution in [2.24, 2.45) is 0 Å². The molecule has 0 bridgehead atoms. The minimum absolute atomic E-state index is 0.227. The summed E-state index contributed by atoms with van der Waals surface area (Å²) in [5.41, 5.74) is 2.81. The molecule has 2 N–H and O–H groups in total. The molecule has 1 aliphatic heterocycles. The monoisotopic (exact) mass is 411 g/mol. The summed E-state index contributed by atoms with van der Waals surface area (Å²) in [6.07, 6.45) is 4.06. The molecule has 0 atom stereocenters. The molecular weight excluding hydrogens is 394 g/mol. The summed E-state index contributed by atoms with van der Waals surface area (Å²) < 4.78 is 1.00. The largest absolute Gasteiger partial charge is 0.355 e. The van der Waals surface area contributed by atoms with Crippen molar-refractivity contribution in [2.45, 2.75) is 12.8 Å². The van der Waals surface area contributed by atoms with Crippen molar-refractivity contribution in [3.63, 3.8) is 0 Å². The molecule has 0 unspecified atom stereocenters. The van der Waals surface area contributed by atoms with Crippen LogP contribution in [0.25, 0.3) is 11.3 Å². The van der Waals surface area contributed by atoms with Gasteiger partial charge in [0.1, 0.15) is 5.69 Å². The van der Waals surface area contributed by atoms with E-state index in [1.165, 1.54) is 0 Å². The van der Waals surface area contributed by atoms with E-state index >= 15 is 0 Å². The summed E-state index contributed by atoms with van der Waals surface area (Å²) >= 11 is 3.42. The highest BCUT2D eigenvalue weighted by Gasteiger charge is 2.19. The predicted molar refractivity (Wildman–Crippen MR) is 105 cm³/mol. The van der Waals surface area contributed by atoms with Gasteiger partial charge in [0.15, 0.2) is 5.82 Å². The molecule has 3 heterocycles. The number of aromatic amines is 1. The third kappa shape index (κ3) is 3.48. The number of benzene rings is 1. The quantitative estimate of drug-likeness (QED) is 0.677. The van der Waals surface area contributed by atoms with Crippen molar-refractivity contribution >= 4 is 33.3 Å². The highest BCUT2D eigenvalue weighted by atomic mass is 79.9. The van der Waals surface area contributed by atoms with Gasteiger partial charge >= 0.3 is 0 Å². The number of pyridine rings is 1. The van der Waals surface area contributed by atoms with E-state index in [1.807, 2.05) is 36.4 Å². The molecule has 0 spiro atoms. The van der Waals surface area contributed by atoms with Crippen molar-refractivity contribution in [1.29, 1.82) is 0 Å². The zero-order chi connectivity index (χ0) is 17.9. The Morgan fingerprint density at radius 3 is 2.69 bits per heavy atom. The first-order chi connectivity index (χ1) is 12.7. The van der Waals surface area contributed by atoms with Crippen LogP contribution in [0, 0.1) is 0 Å². The Bertz CT molecular complexity index is 916. The fourth-order valence-corrected chi connectivity index (χ4v) is 3.34. The summed E-state index contributed by atoms with van der Waals surface area (Å²) in [6.45, 7) is 1.94. The van der Waals surface area contributed by atoms with Crippen molar-refractivity contribution in [3.8, 4) is 11.3 Å². The topological polar surface area (TPSA) is 73.9 Å². The second-order valence-corrected chi connectivity index (χ2v) is 7.11. The summed E-state index contributed by atoms with van der Waals surface area (Å²) in [7, 11) is 0. The van der Waals surface area contributed by atoms with Crippen LogP contribution in [0.3, 0.4) is 0 Å². The number of amides is 1. The van der Waals surface area contributed by atoms with Gasteiger partial charge in [-0.15, -0.1) is 0 Å². The van der Waals surface area contributed by atoms with Crippen molar-refractivity contribution in [2.75, 3.05) is 23.3 Å². The second-order valence-electron chi connectivity index (χ2n) is 6.20. The normalized spacial score (nSPS) is 13.8. The number of hydrogen-bond acceptors (Lipinski definition) is 4. The summed E-state index contributed by atoms with van der Waals surface area (Å²) in [5, 5.41) is 10.0. The highest BCUT2D eigenvalue weighted by Crippen LogP contribution is 2.27. The average Bonchev–Trinajstić information content (AvgIpc) is 3.35. The lowest BCUT2D eigenvalue weighted by atomic mass is 10.1. The molecule has 132 valence electrons. The molecule has 2 aromatic heterocycles. The number of rotatable bonds is 4. The number of aromatic nitrogens is 3. The molecule has 4 rings (SSSR count). The Morgan fingerprint density at radius 1 is 1.15 bits per heavy atom. The Labute approximate surface area is 159 Å². The Morgan fingerprint density at radius 2 is 1.92 bits per heavy atom. The number of carbonyl (C=O) groups excluding carboxylic acids is 1. The third-order valence-electron chi connectivity index (χ3n) is 4.40. The van der Waals surface area contributed by atoms with Gasteiger partial charge in [0.05, 0.1) is 11.4 Å². The minimum Gasteiger partial charge on any atom is -0.355 e. The van der Waals surface area contributed by atoms with Crippen molar-refractivity contribution in [1.82, 2.24) is 15.2 Å². The van der Waals surface area contributed by atoms with Crippen LogP contribution in [0.1, 0.15) is 23.3 Å². The Kier molecular flexibility index (Phi) is 4.71. The summed E-state index contributed by atoms with van der Waals surface area (Å²) in [4.78, 5) is 19.3. The van der Waals surface area contributed by atoms with Gasteiger partial charge < -0.3 is 10.2 Å². The molecule has 0 radical (unpaired) electrons. The smallest absolute Gasteiger partial charge is 0.273 e. The van der Waals surface area contributed by atoms with E-state index in [4.69, 9.17) is 0 Å². The Hall–Kier alpha value is -2.67. The van der Waals surface area contributed by atoms with Crippen LogP contribution < -0.4 is 10.2 Å². The van der Waals surface area contributed by atoms with Gasteiger partial charge in [-0.1, -0.05) is 28.1 Å². The van der Waals surface area contributed by atoms with E-state index in [0.29, 0.717) is 5.69 Å². The first kappa shape index (κ1) is 16.8. The molecule has 7 heteroatoms. The average molecular weight is 412 g/mol. The first-order valence-corrected chi connectivity index (χ1v) is 9.33. The molecule has 6 nitrogen and oxygen atoms in total. The fraction of sp³-hybridized carbons (Fsp3) is 0.211. The minimum atomic E-state index is -0.227. The molecular formula is C19H18BrN5O. The van der Waals surface area contributed by atoms with Crippen LogP contribution in [-0.2, 0) is 0 Å². The van der Waals surface area contributed by atoms with E-state index in [0.717, 1.165) is 53.2 Å². The van der Waals surface area contributed by atoms with Crippen LogP contribution >= 0.6 is 15.9 Å². The highest BCUT2D eigenvalue weighted by molar-refractivity contribution is 9.10. The van der Waals surface area contributed by atoms with E-state index in [2.05, 4.69) is 41.3 Å². The van der Waals surface area contributed by atoms with Gasteiger partial charge in [-0.3, -0.25) is 9.89 Å². The zero-order valence-corrected chi connectivity index (χ0v) is 15.7. The van der Waals surface area contributed by atoms with E-state index in [-0.39, 0.29) is 5.91 Å². The summed E-state index contributed by atoms with van der Waals surface area (Å²) in [5.74, 6) is 0.598. The molecule has 0 aliphatic carbocycles. The van der Waals surface area contributed by atoms with Crippen LogP contribution in [0.4, 0.5) is 11.5 Å². The lowest BCUT2D eigenvalue weighted by molar-refractivity contribution is 0.102. The maximum absolute atomic E-state index is 12.6. The van der Waals surface area contributed by atoms with Gasteiger partial charge in [-0.2, -0.15) is 5.10 Å². The number of nitrogens with zero attached hydrogens (tertiary/aromatic N) is 3. The Balaban J connectivity index is 1.53. The van der Waals surface area contributed by atoms with Gasteiger partial charge in [-0.05, 0) is 43.2 Å². The maximum Gasteiger partial charge on any atom is 0.273 e. The van der Waals surface area contributed by atoms with E-state index in [1.54, 1.807) is 12.3 Å². The van der Waals surface area contributed by atoms with Gasteiger partial charge in [0, 0.05) is 29.3 Å². The fourth-order valence-electron chi connectivity index (χ4n) is 3.07. The second kappa shape index (κ2) is 7.29. The SMILES string of the molecule is O=C(Nc1cccnc1N1CCCC1)c1cc(-c2ccc(Br)cc2)n[nH]1. The lowest BCUT2D eigenvalue weighted by Gasteiger charge is -2.19. The number of nitrogens with one attached hydrogen (secondary N) is 2. The predicted octanol–water partition coefficient (Wildman–Crippen LogP) is 4.09. The molecule has 1 aromatic carbocycles. The number of anilines is 2. The van der Waals surface area contributed by atoms with Gasteiger partial charge in [0.25, 0.3) is 5.91 Å². The molecule has 1 amide bonds. The van der Waals surface area contributed by atoms with E-state index in [9.17, 15) is 4.79 Å². The van der Waals surface area contributed by atoms with E-state index < -0.39 is 0 Å². The lowest BCUT2D eigenvalue weighted by Crippen LogP contribution is -2.22. The molecule has 0 saturated carbocycles.